The number of rotatable bonds is 6. The maximum atomic E-state index is 13.2. The van der Waals surface area contributed by atoms with Gasteiger partial charge in [0.2, 0.25) is 17.7 Å². The molecule has 0 atom stereocenters. The van der Waals surface area contributed by atoms with E-state index in [0.29, 0.717) is 30.8 Å². The van der Waals surface area contributed by atoms with Gasteiger partial charge in [0, 0.05) is 38.8 Å². The fraction of sp³-hybridized carbons (Fsp3) is 0.304. The Morgan fingerprint density at radius 2 is 1.44 bits per heavy atom. The summed E-state index contributed by atoms with van der Waals surface area (Å²) in [5.74, 6) is -1.41. The minimum atomic E-state index is -3.33. The Morgan fingerprint density at radius 1 is 0.853 bits per heavy atom. The highest BCUT2D eigenvalue weighted by Gasteiger charge is 2.31. The van der Waals surface area contributed by atoms with Gasteiger partial charge in [-0.15, -0.1) is 0 Å². The Hall–Kier alpha value is -3.73. The quantitative estimate of drug-likeness (QED) is 0.640. The van der Waals surface area contributed by atoms with Crippen LogP contribution in [0, 0.1) is 0 Å². The lowest BCUT2D eigenvalue weighted by atomic mass is 10.1. The molecule has 1 aliphatic heterocycles. The van der Waals surface area contributed by atoms with Crippen molar-refractivity contribution in [3.63, 3.8) is 0 Å². The number of anilines is 2. The second kappa shape index (κ2) is 10.0. The zero-order valence-electron chi connectivity index (χ0n) is 19.1. The first-order chi connectivity index (χ1) is 16.0. The number of carbonyl (C=O) groups is 4. The molecule has 10 nitrogen and oxygen atoms in total. The Kier molecular flexibility index (Phi) is 7.35. The van der Waals surface area contributed by atoms with Gasteiger partial charge in [0.25, 0.3) is 5.91 Å². The first kappa shape index (κ1) is 24.9. The second-order valence-corrected chi connectivity index (χ2v) is 10.0. The number of hydrogen-bond acceptors (Lipinski definition) is 6. The predicted molar refractivity (Wildman–Crippen MR) is 126 cm³/mol. The van der Waals surface area contributed by atoms with Crippen LogP contribution in [-0.4, -0.2) is 61.4 Å². The van der Waals surface area contributed by atoms with Gasteiger partial charge < -0.3 is 10.6 Å². The lowest BCUT2D eigenvalue weighted by Crippen LogP contribution is -2.45. The summed E-state index contributed by atoms with van der Waals surface area (Å²) >= 11 is 0. The van der Waals surface area contributed by atoms with Crippen LogP contribution in [0.25, 0.3) is 0 Å². The van der Waals surface area contributed by atoms with E-state index < -0.39 is 15.7 Å². The average molecular weight is 487 g/mol. The monoisotopic (exact) mass is 486 g/mol. The van der Waals surface area contributed by atoms with Crippen molar-refractivity contribution in [1.29, 1.82) is 0 Å². The molecule has 2 aromatic carbocycles. The van der Waals surface area contributed by atoms with Gasteiger partial charge in [-0.2, -0.15) is 0 Å². The first-order valence-corrected chi connectivity index (χ1v) is 12.4. The first-order valence-electron chi connectivity index (χ1n) is 10.6. The Balaban J connectivity index is 1.78. The summed E-state index contributed by atoms with van der Waals surface area (Å²) in [5.41, 5.74) is 1.50. The molecule has 1 aliphatic rings. The zero-order valence-corrected chi connectivity index (χ0v) is 19.9. The number of nitrogens with zero attached hydrogens (tertiary/aromatic N) is 2. The molecular formula is C23H26N4O6S. The fourth-order valence-corrected chi connectivity index (χ4v) is 4.25. The number of benzene rings is 2. The third-order valence-electron chi connectivity index (χ3n) is 5.15. The number of carbonyl (C=O) groups excluding carboxylic acids is 4. The molecule has 1 fully saturated rings. The highest BCUT2D eigenvalue weighted by Crippen LogP contribution is 2.26. The van der Waals surface area contributed by atoms with E-state index in [1.54, 1.807) is 12.1 Å². The van der Waals surface area contributed by atoms with E-state index in [-0.39, 0.29) is 40.3 Å². The summed E-state index contributed by atoms with van der Waals surface area (Å²) in [7, 11) is -3.33. The predicted octanol–water partition coefficient (Wildman–Crippen LogP) is 1.84. The van der Waals surface area contributed by atoms with Crippen LogP contribution < -0.4 is 10.6 Å². The minimum Gasteiger partial charge on any atom is -0.325 e. The summed E-state index contributed by atoms with van der Waals surface area (Å²) in [6, 6.07) is 10.6. The lowest BCUT2D eigenvalue weighted by molar-refractivity contribution is -0.139. The molecule has 0 aliphatic carbocycles. The molecule has 0 radical (unpaired) electrons. The summed E-state index contributed by atoms with van der Waals surface area (Å²) in [5, 5.41) is 7.94. The van der Waals surface area contributed by atoms with Crippen molar-refractivity contribution >= 4 is 44.8 Å². The van der Waals surface area contributed by atoms with Gasteiger partial charge >= 0.3 is 0 Å². The van der Waals surface area contributed by atoms with E-state index in [4.69, 9.17) is 0 Å². The molecule has 3 rings (SSSR count). The van der Waals surface area contributed by atoms with Crippen molar-refractivity contribution in [2.75, 3.05) is 30.0 Å². The molecule has 34 heavy (non-hydrogen) atoms. The third-order valence-corrected chi connectivity index (χ3v) is 6.28. The number of hydrazine groups is 1. The van der Waals surface area contributed by atoms with Crippen molar-refractivity contribution in [3.05, 3.63) is 53.6 Å². The van der Waals surface area contributed by atoms with Gasteiger partial charge in [-0.05, 0) is 42.3 Å². The lowest BCUT2D eigenvalue weighted by Gasteiger charge is -2.28. The number of amides is 4. The van der Waals surface area contributed by atoms with Crippen molar-refractivity contribution in [3.8, 4) is 0 Å². The van der Waals surface area contributed by atoms with Gasteiger partial charge in [0.15, 0.2) is 9.84 Å². The zero-order chi connectivity index (χ0) is 25.0. The maximum Gasteiger partial charge on any atom is 0.272 e. The Labute approximate surface area is 197 Å². The third kappa shape index (κ3) is 5.98. The fourth-order valence-electron chi connectivity index (χ4n) is 3.62. The van der Waals surface area contributed by atoms with Gasteiger partial charge in [-0.3, -0.25) is 24.2 Å². The van der Waals surface area contributed by atoms with E-state index in [1.165, 1.54) is 54.2 Å². The van der Waals surface area contributed by atoms with Crippen LogP contribution in [0.1, 0.15) is 36.2 Å². The normalized spacial score (nSPS) is 13.5. The SMILES string of the molecule is CC(=O)Nc1ccc(C(=O)N2CCCN2C(=O)Cc2ccc(S(C)(=O)=O)cc2)cc1NC(C)=O. The van der Waals surface area contributed by atoms with Gasteiger partial charge in [-0.1, -0.05) is 12.1 Å². The summed E-state index contributed by atoms with van der Waals surface area (Å²) in [4.78, 5) is 49.3. The van der Waals surface area contributed by atoms with Gasteiger partial charge in [-0.25, -0.2) is 13.4 Å². The molecule has 0 spiro atoms. The molecule has 0 saturated carbocycles. The van der Waals surface area contributed by atoms with Crippen LogP contribution in [-0.2, 0) is 30.6 Å². The van der Waals surface area contributed by atoms with Gasteiger partial charge in [0.05, 0.1) is 22.7 Å². The molecular weight excluding hydrogens is 460 g/mol. The second-order valence-electron chi connectivity index (χ2n) is 8.01. The summed E-state index contributed by atoms with van der Waals surface area (Å²) in [6.45, 7) is 3.36. The van der Waals surface area contributed by atoms with E-state index in [9.17, 15) is 27.6 Å². The standard InChI is InChI=1S/C23H26N4O6S/c1-15(28)24-20-10-7-18(14-21(20)25-16(2)29)23(31)27-12-4-11-26(27)22(30)13-17-5-8-19(9-6-17)34(3,32)33/h5-10,14H,4,11-13H2,1-3H3,(H,24,28)(H,25,29). The van der Waals surface area contributed by atoms with Crippen LogP contribution >= 0.6 is 0 Å². The van der Waals surface area contributed by atoms with Crippen LogP contribution in [0.5, 0.6) is 0 Å². The van der Waals surface area contributed by atoms with E-state index in [2.05, 4.69) is 10.6 Å². The van der Waals surface area contributed by atoms with Crippen molar-refractivity contribution in [2.24, 2.45) is 0 Å². The van der Waals surface area contributed by atoms with Crippen LogP contribution in [0.15, 0.2) is 47.4 Å². The summed E-state index contributed by atoms with van der Waals surface area (Å²) in [6.07, 6.45) is 1.72. The number of nitrogens with one attached hydrogen (secondary N) is 2. The molecule has 11 heteroatoms. The van der Waals surface area contributed by atoms with Gasteiger partial charge in [0.1, 0.15) is 0 Å². The van der Waals surface area contributed by atoms with E-state index in [1.807, 2.05) is 0 Å². The molecule has 2 aromatic rings. The molecule has 2 N–H and O–H groups in total. The largest absolute Gasteiger partial charge is 0.325 e. The smallest absolute Gasteiger partial charge is 0.272 e. The molecule has 4 amide bonds. The molecule has 0 unspecified atom stereocenters. The maximum absolute atomic E-state index is 13.2. The van der Waals surface area contributed by atoms with E-state index >= 15 is 0 Å². The van der Waals surface area contributed by atoms with Crippen LogP contribution in [0.4, 0.5) is 11.4 Å². The number of sulfone groups is 1. The average Bonchev–Trinajstić information content (AvgIpc) is 3.23. The summed E-state index contributed by atoms with van der Waals surface area (Å²) < 4.78 is 23.2. The van der Waals surface area contributed by atoms with Crippen molar-refractivity contribution in [2.45, 2.75) is 31.6 Å². The van der Waals surface area contributed by atoms with Crippen molar-refractivity contribution in [1.82, 2.24) is 10.0 Å². The van der Waals surface area contributed by atoms with Crippen LogP contribution in [0.2, 0.25) is 0 Å². The molecule has 1 saturated heterocycles. The highest BCUT2D eigenvalue weighted by molar-refractivity contribution is 7.90. The molecule has 0 aromatic heterocycles. The highest BCUT2D eigenvalue weighted by atomic mass is 32.2. The molecule has 1 heterocycles. The van der Waals surface area contributed by atoms with E-state index in [0.717, 1.165) is 6.26 Å². The number of hydrogen-bond donors (Lipinski definition) is 2. The Morgan fingerprint density at radius 3 is 2.03 bits per heavy atom. The van der Waals surface area contributed by atoms with Crippen molar-refractivity contribution < 1.29 is 27.6 Å². The minimum absolute atomic E-state index is 0.00638. The topological polar surface area (TPSA) is 133 Å². The molecule has 0 bridgehead atoms. The Bertz CT molecular complexity index is 1240. The van der Waals surface area contributed by atoms with Crippen LogP contribution in [0.3, 0.4) is 0 Å². The molecule has 180 valence electrons.